The number of hydrogen-bond donors (Lipinski definition) is 1. The molecule has 0 aliphatic heterocycles. The van der Waals surface area contributed by atoms with E-state index in [0.717, 1.165) is 44.1 Å². The number of nitrogens with two attached hydrogens (primary N) is 1. The number of amides is 1. The molecule has 0 bridgehead atoms. The summed E-state index contributed by atoms with van der Waals surface area (Å²) in [6.07, 6.45) is 6.29. The number of rotatable bonds is 4. The van der Waals surface area contributed by atoms with Crippen LogP contribution in [0.25, 0.3) is 0 Å². The van der Waals surface area contributed by atoms with E-state index in [0.29, 0.717) is 17.6 Å². The molecule has 1 aliphatic carbocycles. The molecule has 1 aromatic carbocycles. The summed E-state index contributed by atoms with van der Waals surface area (Å²) in [5.74, 6) is 0.584. The predicted octanol–water partition coefficient (Wildman–Crippen LogP) is 3.38. The van der Waals surface area contributed by atoms with Crippen LogP contribution in [0.15, 0.2) is 18.2 Å². The van der Waals surface area contributed by atoms with Crippen LogP contribution in [0.1, 0.15) is 44.6 Å². The molecule has 1 fully saturated rings. The fourth-order valence-electron chi connectivity index (χ4n) is 3.23. The summed E-state index contributed by atoms with van der Waals surface area (Å²) in [5.41, 5.74) is 7.49. The minimum Gasteiger partial charge on any atom is -0.399 e. The quantitative estimate of drug-likeness (QED) is 0.865. The van der Waals surface area contributed by atoms with E-state index in [1.807, 2.05) is 11.9 Å². The second kappa shape index (κ2) is 6.92. The van der Waals surface area contributed by atoms with Gasteiger partial charge in [0.2, 0.25) is 5.91 Å². The average Bonchev–Trinajstić information content (AvgIpc) is 2.48. The van der Waals surface area contributed by atoms with Gasteiger partial charge in [-0.3, -0.25) is 4.79 Å². The van der Waals surface area contributed by atoms with Crippen LogP contribution in [0.5, 0.6) is 0 Å². The van der Waals surface area contributed by atoms with Crippen molar-refractivity contribution in [3.05, 3.63) is 29.6 Å². The van der Waals surface area contributed by atoms with Gasteiger partial charge in [0.1, 0.15) is 5.82 Å². The summed E-state index contributed by atoms with van der Waals surface area (Å²) in [6, 6.07) is 4.98. The van der Waals surface area contributed by atoms with Crippen molar-refractivity contribution in [2.75, 3.05) is 12.8 Å². The lowest BCUT2D eigenvalue weighted by atomic mass is 9.82. The zero-order valence-electron chi connectivity index (χ0n) is 12.9. The van der Waals surface area contributed by atoms with E-state index in [2.05, 4.69) is 0 Å². The zero-order chi connectivity index (χ0) is 15.4. The molecule has 3 nitrogen and oxygen atoms in total. The van der Waals surface area contributed by atoms with Crippen LogP contribution >= 0.6 is 0 Å². The third-order valence-electron chi connectivity index (χ3n) is 4.79. The van der Waals surface area contributed by atoms with Gasteiger partial charge in [0.25, 0.3) is 0 Å². The van der Waals surface area contributed by atoms with E-state index < -0.39 is 0 Å². The lowest BCUT2D eigenvalue weighted by Gasteiger charge is -2.34. The van der Waals surface area contributed by atoms with Gasteiger partial charge in [-0.1, -0.05) is 0 Å². The van der Waals surface area contributed by atoms with Crippen LogP contribution in [0.4, 0.5) is 10.1 Å². The fourth-order valence-corrected chi connectivity index (χ4v) is 3.23. The molecular weight excluding hydrogens is 267 g/mol. The van der Waals surface area contributed by atoms with E-state index in [1.165, 1.54) is 6.07 Å². The number of anilines is 1. The minimum absolute atomic E-state index is 0.144. The van der Waals surface area contributed by atoms with Crippen molar-refractivity contribution >= 4 is 11.6 Å². The van der Waals surface area contributed by atoms with Crippen molar-refractivity contribution in [3.8, 4) is 0 Å². The first-order chi connectivity index (χ1) is 9.97. The summed E-state index contributed by atoms with van der Waals surface area (Å²) in [6.45, 7) is 1.62. The van der Waals surface area contributed by atoms with Crippen LogP contribution in [0, 0.1) is 11.7 Å². The van der Waals surface area contributed by atoms with E-state index in [4.69, 9.17) is 5.73 Å². The number of nitrogen functional groups attached to an aromatic ring is 1. The highest BCUT2D eigenvalue weighted by Gasteiger charge is 2.25. The van der Waals surface area contributed by atoms with Gasteiger partial charge >= 0.3 is 0 Å². The highest BCUT2D eigenvalue weighted by Crippen LogP contribution is 2.31. The van der Waals surface area contributed by atoms with Gasteiger partial charge in [0, 0.05) is 25.7 Å². The van der Waals surface area contributed by atoms with Crippen LogP contribution in [0.3, 0.4) is 0 Å². The summed E-state index contributed by atoms with van der Waals surface area (Å²) in [4.78, 5) is 13.2. The second-order valence-corrected chi connectivity index (χ2v) is 6.19. The van der Waals surface area contributed by atoms with E-state index >= 15 is 0 Å². The normalized spacial score (nSPS) is 22.0. The molecule has 4 heteroatoms. The fraction of sp³-hybridized carbons (Fsp3) is 0.588. The molecule has 1 aromatic rings. The number of hydrogen-bond acceptors (Lipinski definition) is 2. The molecule has 116 valence electrons. The standard InChI is InChI=1S/C17H25FN2O/c1-12(21)20(2)16-8-4-13(5-9-16)3-6-14-11-15(18)7-10-17(14)19/h7,10-11,13,16H,3-6,8-9,19H2,1-2H3/t13-,16-. The third-order valence-corrected chi connectivity index (χ3v) is 4.79. The van der Waals surface area contributed by atoms with E-state index in [1.54, 1.807) is 19.1 Å². The molecule has 0 heterocycles. The van der Waals surface area contributed by atoms with Gasteiger partial charge in [-0.05, 0) is 68.2 Å². The highest BCUT2D eigenvalue weighted by molar-refractivity contribution is 5.73. The second-order valence-electron chi connectivity index (χ2n) is 6.19. The van der Waals surface area contributed by atoms with Gasteiger partial charge in [-0.25, -0.2) is 4.39 Å². The average molecular weight is 292 g/mol. The molecule has 2 rings (SSSR count). The number of nitrogens with zero attached hydrogens (tertiary/aromatic N) is 1. The first-order valence-electron chi connectivity index (χ1n) is 7.74. The number of aryl methyl sites for hydroxylation is 1. The summed E-state index contributed by atoms with van der Waals surface area (Å²) < 4.78 is 13.2. The van der Waals surface area contributed by atoms with Gasteiger partial charge in [-0.2, -0.15) is 0 Å². The van der Waals surface area contributed by atoms with Crippen molar-refractivity contribution in [3.63, 3.8) is 0 Å². The van der Waals surface area contributed by atoms with Crippen LogP contribution in [-0.2, 0) is 11.2 Å². The molecular formula is C17H25FN2O. The molecule has 0 saturated heterocycles. The van der Waals surface area contributed by atoms with E-state index in [-0.39, 0.29) is 11.7 Å². The van der Waals surface area contributed by atoms with Gasteiger partial charge < -0.3 is 10.6 Å². The molecule has 0 atom stereocenters. The summed E-state index contributed by atoms with van der Waals surface area (Å²) >= 11 is 0. The Bertz CT molecular complexity index is 496. The maximum Gasteiger partial charge on any atom is 0.219 e. The molecule has 1 aliphatic rings. The lowest BCUT2D eigenvalue weighted by Crippen LogP contribution is -2.38. The van der Waals surface area contributed by atoms with Crippen LogP contribution < -0.4 is 5.73 Å². The lowest BCUT2D eigenvalue weighted by molar-refractivity contribution is -0.130. The largest absolute Gasteiger partial charge is 0.399 e. The van der Waals surface area contributed by atoms with Crippen molar-refractivity contribution in [1.82, 2.24) is 4.90 Å². The highest BCUT2D eigenvalue weighted by atomic mass is 19.1. The molecule has 0 aromatic heterocycles. The number of benzene rings is 1. The summed E-state index contributed by atoms with van der Waals surface area (Å²) in [5, 5.41) is 0. The zero-order valence-corrected chi connectivity index (χ0v) is 12.9. The Morgan fingerprint density at radius 1 is 1.33 bits per heavy atom. The molecule has 2 N–H and O–H groups in total. The molecule has 1 saturated carbocycles. The maximum absolute atomic E-state index is 13.2. The topological polar surface area (TPSA) is 46.3 Å². The van der Waals surface area contributed by atoms with Gasteiger partial charge in [0.05, 0.1) is 0 Å². The Morgan fingerprint density at radius 3 is 2.62 bits per heavy atom. The predicted molar refractivity (Wildman–Crippen MR) is 83.3 cm³/mol. The van der Waals surface area contributed by atoms with Crippen LogP contribution in [0.2, 0.25) is 0 Å². The first-order valence-corrected chi connectivity index (χ1v) is 7.74. The molecule has 0 unspecified atom stereocenters. The molecule has 0 spiro atoms. The van der Waals surface area contributed by atoms with E-state index in [9.17, 15) is 9.18 Å². The van der Waals surface area contributed by atoms with Crippen molar-refractivity contribution < 1.29 is 9.18 Å². The van der Waals surface area contributed by atoms with Crippen molar-refractivity contribution in [2.24, 2.45) is 5.92 Å². The number of halogens is 1. The van der Waals surface area contributed by atoms with Crippen molar-refractivity contribution in [2.45, 2.75) is 51.5 Å². The monoisotopic (exact) mass is 292 g/mol. The Morgan fingerprint density at radius 2 is 2.00 bits per heavy atom. The summed E-state index contributed by atoms with van der Waals surface area (Å²) in [7, 11) is 1.89. The maximum atomic E-state index is 13.2. The Labute approximate surface area is 126 Å². The minimum atomic E-state index is -0.217. The Balaban J connectivity index is 1.81. The Kier molecular flexibility index (Phi) is 5.21. The first kappa shape index (κ1) is 15.8. The van der Waals surface area contributed by atoms with Gasteiger partial charge in [-0.15, -0.1) is 0 Å². The molecule has 21 heavy (non-hydrogen) atoms. The van der Waals surface area contributed by atoms with Crippen LogP contribution in [-0.4, -0.2) is 23.9 Å². The molecule has 0 radical (unpaired) electrons. The smallest absolute Gasteiger partial charge is 0.219 e. The molecule has 1 amide bonds. The van der Waals surface area contributed by atoms with Gasteiger partial charge in [0.15, 0.2) is 0 Å². The van der Waals surface area contributed by atoms with Crippen molar-refractivity contribution in [1.29, 1.82) is 0 Å². The number of carbonyl (C=O) groups excluding carboxylic acids is 1. The third kappa shape index (κ3) is 4.19. The SMILES string of the molecule is CC(=O)N(C)[C@H]1CC[C@H](CCc2cc(F)ccc2N)CC1. The number of carbonyl (C=O) groups is 1. The Hall–Kier alpha value is -1.58.